The molecule has 2 N–H and O–H groups in total. The maximum Gasteiger partial charge on any atom is 0.271 e. The lowest BCUT2D eigenvalue weighted by molar-refractivity contribution is 0.0955. The van der Waals surface area contributed by atoms with Gasteiger partial charge < -0.3 is 4.98 Å². The average molecular weight is 333 g/mol. The molecule has 0 aliphatic carbocycles. The molecule has 0 aliphatic rings. The van der Waals surface area contributed by atoms with Crippen LogP contribution in [-0.4, -0.2) is 17.1 Å². The Morgan fingerprint density at radius 1 is 1.08 bits per heavy atom. The first kappa shape index (κ1) is 17.0. The molecule has 3 rings (SSSR count). The summed E-state index contributed by atoms with van der Waals surface area (Å²) in [6.45, 7) is 8.44. The molecule has 0 fully saturated rings. The smallest absolute Gasteiger partial charge is 0.271 e. The van der Waals surface area contributed by atoms with Crippen LogP contribution in [-0.2, 0) is 5.41 Å². The normalized spacial score (nSPS) is 12.0. The van der Waals surface area contributed by atoms with Gasteiger partial charge in [0.25, 0.3) is 5.91 Å². The van der Waals surface area contributed by atoms with Crippen molar-refractivity contribution in [2.45, 2.75) is 33.1 Å². The van der Waals surface area contributed by atoms with E-state index in [1.165, 1.54) is 5.56 Å². The molecule has 0 saturated heterocycles. The van der Waals surface area contributed by atoms with Crippen LogP contribution in [0.5, 0.6) is 0 Å². The molecule has 2 aromatic carbocycles. The van der Waals surface area contributed by atoms with Gasteiger partial charge in [-0.25, -0.2) is 5.43 Å². The Balaban J connectivity index is 1.73. The fraction of sp³-hybridized carbons (Fsp3) is 0.238. The molecule has 1 amide bonds. The highest BCUT2D eigenvalue weighted by molar-refractivity contribution is 6.01. The molecule has 0 atom stereocenters. The minimum atomic E-state index is -0.214. The van der Waals surface area contributed by atoms with E-state index in [-0.39, 0.29) is 11.3 Å². The Morgan fingerprint density at radius 2 is 1.76 bits per heavy atom. The van der Waals surface area contributed by atoms with E-state index in [2.05, 4.69) is 36.3 Å². The summed E-state index contributed by atoms with van der Waals surface area (Å²) in [5, 5.41) is 5.22. The summed E-state index contributed by atoms with van der Waals surface area (Å²) >= 11 is 0. The van der Waals surface area contributed by atoms with Crippen LogP contribution in [0.1, 0.15) is 48.0 Å². The summed E-state index contributed by atoms with van der Waals surface area (Å²) in [5.74, 6) is -0.214. The van der Waals surface area contributed by atoms with Gasteiger partial charge in [-0.2, -0.15) is 5.10 Å². The van der Waals surface area contributed by atoms with Gasteiger partial charge in [0.15, 0.2) is 0 Å². The number of rotatable bonds is 3. The zero-order valence-corrected chi connectivity index (χ0v) is 15.1. The topological polar surface area (TPSA) is 57.2 Å². The number of para-hydroxylation sites is 1. The maximum absolute atomic E-state index is 12.2. The molecular formula is C21H23N3O. The Bertz CT molecular complexity index is 928. The highest BCUT2D eigenvalue weighted by atomic mass is 16.2. The van der Waals surface area contributed by atoms with Crippen molar-refractivity contribution in [1.82, 2.24) is 10.4 Å². The number of nitrogens with zero attached hydrogens (tertiary/aromatic N) is 1. The highest BCUT2D eigenvalue weighted by Crippen LogP contribution is 2.22. The van der Waals surface area contributed by atoms with Crippen LogP contribution in [0.25, 0.3) is 10.9 Å². The summed E-state index contributed by atoms with van der Waals surface area (Å²) in [7, 11) is 0. The van der Waals surface area contributed by atoms with Gasteiger partial charge in [-0.05, 0) is 36.1 Å². The van der Waals surface area contributed by atoms with Crippen molar-refractivity contribution in [3.8, 4) is 0 Å². The first-order chi connectivity index (χ1) is 11.9. The van der Waals surface area contributed by atoms with Crippen molar-refractivity contribution in [1.29, 1.82) is 0 Å². The molecule has 0 spiro atoms. The predicted octanol–water partition coefficient (Wildman–Crippen LogP) is 4.54. The number of aromatic nitrogens is 1. The number of carbonyl (C=O) groups excluding carboxylic acids is 1. The number of hydrogen-bond acceptors (Lipinski definition) is 2. The van der Waals surface area contributed by atoms with Crippen LogP contribution in [0.4, 0.5) is 0 Å². The number of nitrogens with one attached hydrogen (secondary N) is 2. The van der Waals surface area contributed by atoms with Crippen molar-refractivity contribution in [3.05, 3.63) is 70.9 Å². The van der Waals surface area contributed by atoms with Gasteiger partial charge in [0.05, 0.1) is 6.21 Å². The van der Waals surface area contributed by atoms with Crippen LogP contribution in [0.2, 0.25) is 0 Å². The Kier molecular flexibility index (Phi) is 4.45. The Hall–Kier alpha value is -2.88. The molecule has 4 nitrogen and oxygen atoms in total. The summed E-state index contributed by atoms with van der Waals surface area (Å²) in [6, 6.07) is 15.7. The monoisotopic (exact) mass is 333 g/mol. The van der Waals surface area contributed by atoms with Crippen molar-refractivity contribution in [3.63, 3.8) is 0 Å². The zero-order chi connectivity index (χ0) is 18.0. The maximum atomic E-state index is 12.2. The third kappa shape index (κ3) is 3.63. The molecule has 0 bridgehead atoms. The van der Waals surface area contributed by atoms with E-state index in [4.69, 9.17) is 0 Å². The third-order valence-corrected chi connectivity index (χ3v) is 4.32. The lowest BCUT2D eigenvalue weighted by Gasteiger charge is -2.18. The standard InChI is InChI=1S/C21H23N3O/c1-14-18(17-7-5-6-8-19(17)23-14)13-22-24-20(25)15-9-11-16(12-10-15)21(2,3)4/h5-13,23H,1-4H3,(H,24,25). The van der Waals surface area contributed by atoms with E-state index in [0.717, 1.165) is 22.2 Å². The zero-order valence-electron chi connectivity index (χ0n) is 15.1. The number of aromatic amines is 1. The minimum absolute atomic E-state index is 0.0695. The number of benzene rings is 2. The van der Waals surface area contributed by atoms with Crippen molar-refractivity contribution >= 4 is 23.0 Å². The quantitative estimate of drug-likeness (QED) is 0.536. The molecule has 128 valence electrons. The molecule has 0 radical (unpaired) electrons. The summed E-state index contributed by atoms with van der Waals surface area (Å²) in [5.41, 5.74) is 7.54. The summed E-state index contributed by atoms with van der Waals surface area (Å²) in [6.07, 6.45) is 1.69. The number of carbonyl (C=O) groups is 1. The number of H-pyrrole nitrogens is 1. The van der Waals surface area contributed by atoms with Gasteiger partial charge in [0, 0.05) is 27.7 Å². The molecule has 25 heavy (non-hydrogen) atoms. The summed E-state index contributed by atoms with van der Waals surface area (Å²) in [4.78, 5) is 15.6. The first-order valence-corrected chi connectivity index (χ1v) is 8.37. The van der Waals surface area contributed by atoms with E-state index >= 15 is 0 Å². The second kappa shape index (κ2) is 6.55. The number of aryl methyl sites for hydroxylation is 1. The fourth-order valence-corrected chi connectivity index (χ4v) is 2.81. The number of amides is 1. The predicted molar refractivity (Wildman–Crippen MR) is 103 cm³/mol. The van der Waals surface area contributed by atoms with Gasteiger partial charge >= 0.3 is 0 Å². The lowest BCUT2D eigenvalue weighted by Crippen LogP contribution is -2.18. The number of hydrogen-bond donors (Lipinski definition) is 2. The second-order valence-corrected chi connectivity index (χ2v) is 7.24. The molecule has 0 aliphatic heterocycles. The van der Waals surface area contributed by atoms with Crippen molar-refractivity contribution in [2.24, 2.45) is 5.10 Å². The lowest BCUT2D eigenvalue weighted by atomic mass is 9.87. The van der Waals surface area contributed by atoms with Gasteiger partial charge in [-0.15, -0.1) is 0 Å². The third-order valence-electron chi connectivity index (χ3n) is 4.32. The van der Waals surface area contributed by atoms with Gasteiger partial charge in [0.2, 0.25) is 0 Å². The number of hydrazone groups is 1. The second-order valence-electron chi connectivity index (χ2n) is 7.24. The Morgan fingerprint density at radius 3 is 2.44 bits per heavy atom. The van der Waals surface area contributed by atoms with E-state index in [1.54, 1.807) is 6.21 Å². The molecule has 3 aromatic rings. The molecule has 0 unspecified atom stereocenters. The van der Waals surface area contributed by atoms with Crippen LogP contribution in [0, 0.1) is 6.92 Å². The molecular weight excluding hydrogens is 310 g/mol. The minimum Gasteiger partial charge on any atom is -0.358 e. The van der Waals surface area contributed by atoms with E-state index in [1.807, 2.05) is 55.5 Å². The van der Waals surface area contributed by atoms with Crippen LogP contribution >= 0.6 is 0 Å². The molecule has 0 saturated carbocycles. The molecule has 4 heteroatoms. The van der Waals surface area contributed by atoms with Crippen LogP contribution in [0.15, 0.2) is 53.6 Å². The van der Waals surface area contributed by atoms with E-state index < -0.39 is 0 Å². The molecule has 1 heterocycles. The van der Waals surface area contributed by atoms with E-state index in [0.29, 0.717) is 5.56 Å². The fourth-order valence-electron chi connectivity index (χ4n) is 2.81. The Labute approximate surface area is 148 Å². The van der Waals surface area contributed by atoms with Gasteiger partial charge in [0.1, 0.15) is 0 Å². The van der Waals surface area contributed by atoms with Gasteiger partial charge in [-0.1, -0.05) is 51.1 Å². The van der Waals surface area contributed by atoms with Crippen LogP contribution in [0.3, 0.4) is 0 Å². The first-order valence-electron chi connectivity index (χ1n) is 8.37. The van der Waals surface area contributed by atoms with E-state index in [9.17, 15) is 4.79 Å². The van der Waals surface area contributed by atoms with Gasteiger partial charge in [-0.3, -0.25) is 4.79 Å². The summed E-state index contributed by atoms with van der Waals surface area (Å²) < 4.78 is 0. The number of fused-ring (bicyclic) bond motifs is 1. The average Bonchev–Trinajstić information content (AvgIpc) is 2.90. The van der Waals surface area contributed by atoms with Crippen LogP contribution < -0.4 is 5.43 Å². The van der Waals surface area contributed by atoms with Crippen molar-refractivity contribution < 1.29 is 4.79 Å². The highest BCUT2D eigenvalue weighted by Gasteiger charge is 2.14. The SMILES string of the molecule is Cc1[nH]c2ccccc2c1C=NNC(=O)c1ccc(C(C)(C)C)cc1. The largest absolute Gasteiger partial charge is 0.358 e. The van der Waals surface area contributed by atoms with Crippen molar-refractivity contribution in [2.75, 3.05) is 0 Å². The molecule has 1 aromatic heterocycles.